The van der Waals surface area contributed by atoms with E-state index in [2.05, 4.69) is 4.98 Å². The molecule has 0 saturated carbocycles. The minimum absolute atomic E-state index is 0.456. The normalized spacial score (nSPS) is 10.8. The standard InChI is InChI=1S/C13H12N2O/c16-11-13-14-8-10-15(13)9-4-7-12-5-2-1-3-6-12/h1-8,10-11H,9H2. The van der Waals surface area contributed by atoms with Gasteiger partial charge in [0, 0.05) is 18.9 Å². The van der Waals surface area contributed by atoms with Crippen LogP contribution in [0.25, 0.3) is 6.08 Å². The quantitative estimate of drug-likeness (QED) is 0.729. The first-order chi connectivity index (χ1) is 7.90. The molecule has 2 rings (SSSR count). The molecule has 0 aliphatic carbocycles. The van der Waals surface area contributed by atoms with Crippen molar-refractivity contribution in [3.8, 4) is 0 Å². The van der Waals surface area contributed by atoms with E-state index in [0.29, 0.717) is 12.4 Å². The first-order valence-electron chi connectivity index (χ1n) is 5.08. The summed E-state index contributed by atoms with van der Waals surface area (Å²) < 4.78 is 1.80. The molecule has 1 aromatic carbocycles. The van der Waals surface area contributed by atoms with E-state index in [1.807, 2.05) is 42.5 Å². The van der Waals surface area contributed by atoms with Crippen molar-refractivity contribution < 1.29 is 4.79 Å². The number of aldehydes is 1. The van der Waals surface area contributed by atoms with Gasteiger partial charge in [-0.05, 0) is 5.56 Å². The van der Waals surface area contributed by atoms with Crippen LogP contribution in [-0.2, 0) is 6.54 Å². The van der Waals surface area contributed by atoms with E-state index in [-0.39, 0.29) is 0 Å². The Morgan fingerprint density at radius 2 is 2.06 bits per heavy atom. The Kier molecular flexibility index (Phi) is 3.28. The van der Waals surface area contributed by atoms with Gasteiger partial charge in [0.1, 0.15) is 0 Å². The predicted octanol–water partition coefficient (Wildman–Crippen LogP) is 2.41. The number of hydrogen-bond donors (Lipinski definition) is 0. The molecular formula is C13H12N2O. The summed E-state index contributed by atoms with van der Waals surface area (Å²) in [6, 6.07) is 10.0. The number of carbonyl (C=O) groups is 1. The monoisotopic (exact) mass is 212 g/mol. The van der Waals surface area contributed by atoms with E-state index < -0.39 is 0 Å². The highest BCUT2D eigenvalue weighted by atomic mass is 16.1. The second kappa shape index (κ2) is 5.07. The third-order valence-electron chi connectivity index (χ3n) is 2.27. The van der Waals surface area contributed by atoms with Crippen LogP contribution in [0.3, 0.4) is 0 Å². The molecule has 0 unspecified atom stereocenters. The molecule has 0 amide bonds. The van der Waals surface area contributed by atoms with Crippen LogP contribution in [-0.4, -0.2) is 15.8 Å². The number of hydrogen-bond acceptors (Lipinski definition) is 2. The van der Waals surface area contributed by atoms with Gasteiger partial charge >= 0.3 is 0 Å². The van der Waals surface area contributed by atoms with Crippen molar-refractivity contribution in [2.45, 2.75) is 6.54 Å². The summed E-state index contributed by atoms with van der Waals surface area (Å²) in [5, 5.41) is 0. The highest BCUT2D eigenvalue weighted by molar-refractivity contribution is 5.69. The average Bonchev–Trinajstić information content (AvgIpc) is 2.78. The van der Waals surface area contributed by atoms with Gasteiger partial charge in [-0.3, -0.25) is 4.79 Å². The molecule has 1 heterocycles. The van der Waals surface area contributed by atoms with Gasteiger partial charge in [0.15, 0.2) is 12.1 Å². The minimum atomic E-state index is 0.456. The zero-order valence-electron chi connectivity index (χ0n) is 8.78. The zero-order valence-corrected chi connectivity index (χ0v) is 8.78. The van der Waals surface area contributed by atoms with Crippen LogP contribution < -0.4 is 0 Å². The van der Waals surface area contributed by atoms with Gasteiger partial charge in [-0.25, -0.2) is 4.98 Å². The molecule has 16 heavy (non-hydrogen) atoms. The van der Waals surface area contributed by atoms with Crippen LogP contribution in [0, 0.1) is 0 Å². The summed E-state index contributed by atoms with van der Waals surface area (Å²) >= 11 is 0. The molecule has 2 aromatic rings. The van der Waals surface area contributed by atoms with Crippen LogP contribution in [0.5, 0.6) is 0 Å². The van der Waals surface area contributed by atoms with E-state index in [4.69, 9.17) is 0 Å². The lowest BCUT2D eigenvalue weighted by molar-refractivity contribution is 0.111. The van der Waals surface area contributed by atoms with Gasteiger partial charge in [-0.1, -0.05) is 42.5 Å². The molecule has 0 spiro atoms. The van der Waals surface area contributed by atoms with Crippen LogP contribution in [0.4, 0.5) is 0 Å². The van der Waals surface area contributed by atoms with Crippen molar-refractivity contribution in [1.29, 1.82) is 0 Å². The molecule has 1 aromatic heterocycles. The maximum atomic E-state index is 10.6. The molecule has 0 saturated heterocycles. The van der Waals surface area contributed by atoms with Crippen molar-refractivity contribution in [3.63, 3.8) is 0 Å². The maximum Gasteiger partial charge on any atom is 0.185 e. The first kappa shape index (κ1) is 10.4. The summed E-state index contributed by atoms with van der Waals surface area (Å²) in [5.41, 5.74) is 1.15. The molecule has 0 N–H and O–H groups in total. The topological polar surface area (TPSA) is 34.9 Å². The highest BCUT2D eigenvalue weighted by Gasteiger charge is 1.97. The van der Waals surface area contributed by atoms with Gasteiger partial charge in [-0.15, -0.1) is 0 Å². The Balaban J connectivity index is 2.02. The Bertz CT molecular complexity index is 486. The Hall–Kier alpha value is -2.16. The number of imidazole rings is 1. The van der Waals surface area contributed by atoms with E-state index in [1.54, 1.807) is 17.0 Å². The van der Waals surface area contributed by atoms with Gasteiger partial charge < -0.3 is 4.57 Å². The van der Waals surface area contributed by atoms with Gasteiger partial charge in [0.2, 0.25) is 0 Å². The van der Waals surface area contributed by atoms with Crippen LogP contribution >= 0.6 is 0 Å². The Labute approximate surface area is 94.1 Å². The molecule has 80 valence electrons. The third-order valence-corrected chi connectivity index (χ3v) is 2.27. The van der Waals surface area contributed by atoms with E-state index in [1.165, 1.54) is 0 Å². The summed E-state index contributed by atoms with van der Waals surface area (Å²) in [4.78, 5) is 14.5. The molecule has 0 aliphatic rings. The number of rotatable bonds is 4. The molecule has 0 bridgehead atoms. The lowest BCUT2D eigenvalue weighted by Crippen LogP contribution is -1.99. The largest absolute Gasteiger partial charge is 0.325 e. The van der Waals surface area contributed by atoms with Gasteiger partial charge in [-0.2, -0.15) is 0 Å². The molecule has 0 fully saturated rings. The van der Waals surface area contributed by atoms with Gasteiger partial charge in [0.25, 0.3) is 0 Å². The maximum absolute atomic E-state index is 10.6. The highest BCUT2D eigenvalue weighted by Crippen LogP contribution is 2.02. The molecular weight excluding hydrogens is 200 g/mol. The fourth-order valence-corrected chi connectivity index (χ4v) is 1.46. The lowest BCUT2D eigenvalue weighted by Gasteiger charge is -1.98. The van der Waals surface area contributed by atoms with E-state index >= 15 is 0 Å². The van der Waals surface area contributed by atoms with Crippen LogP contribution in [0.15, 0.2) is 48.8 Å². The summed E-state index contributed by atoms with van der Waals surface area (Å²) in [6.45, 7) is 0.656. The molecule has 3 nitrogen and oxygen atoms in total. The number of benzene rings is 1. The summed E-state index contributed by atoms with van der Waals surface area (Å²) in [6.07, 6.45) is 8.20. The fourth-order valence-electron chi connectivity index (χ4n) is 1.46. The molecule has 0 atom stereocenters. The summed E-state index contributed by atoms with van der Waals surface area (Å²) in [5.74, 6) is 0.456. The van der Waals surface area contributed by atoms with Gasteiger partial charge in [0.05, 0.1) is 0 Å². The Morgan fingerprint density at radius 1 is 1.25 bits per heavy atom. The van der Waals surface area contributed by atoms with Crippen molar-refractivity contribution >= 4 is 12.4 Å². The van der Waals surface area contributed by atoms with E-state index in [0.717, 1.165) is 11.8 Å². The third kappa shape index (κ3) is 2.45. The van der Waals surface area contributed by atoms with Crippen molar-refractivity contribution in [2.24, 2.45) is 0 Å². The summed E-state index contributed by atoms with van der Waals surface area (Å²) in [7, 11) is 0. The number of nitrogens with zero attached hydrogens (tertiary/aromatic N) is 2. The SMILES string of the molecule is O=Cc1nccn1CC=Cc1ccccc1. The fraction of sp³-hybridized carbons (Fsp3) is 0.0769. The smallest absolute Gasteiger partial charge is 0.185 e. The van der Waals surface area contributed by atoms with Crippen LogP contribution in [0.2, 0.25) is 0 Å². The first-order valence-corrected chi connectivity index (χ1v) is 5.08. The van der Waals surface area contributed by atoms with E-state index in [9.17, 15) is 4.79 Å². The predicted molar refractivity (Wildman–Crippen MR) is 63.1 cm³/mol. The number of allylic oxidation sites excluding steroid dienone is 1. The Morgan fingerprint density at radius 3 is 2.81 bits per heavy atom. The molecule has 3 heteroatoms. The zero-order chi connectivity index (χ0) is 11.2. The molecule has 0 aliphatic heterocycles. The lowest BCUT2D eigenvalue weighted by atomic mass is 10.2. The second-order valence-corrected chi connectivity index (χ2v) is 3.37. The second-order valence-electron chi connectivity index (χ2n) is 3.37. The van der Waals surface area contributed by atoms with Crippen molar-refractivity contribution in [3.05, 3.63) is 60.2 Å². The van der Waals surface area contributed by atoms with Crippen LogP contribution in [0.1, 0.15) is 16.2 Å². The minimum Gasteiger partial charge on any atom is -0.325 e. The van der Waals surface area contributed by atoms with Crippen molar-refractivity contribution in [1.82, 2.24) is 9.55 Å². The number of aromatic nitrogens is 2. The van der Waals surface area contributed by atoms with Crippen molar-refractivity contribution in [2.75, 3.05) is 0 Å². The number of carbonyl (C=O) groups excluding carboxylic acids is 1. The molecule has 0 radical (unpaired) electrons. The average molecular weight is 212 g/mol.